The van der Waals surface area contributed by atoms with Crippen molar-refractivity contribution < 1.29 is 18.0 Å². The van der Waals surface area contributed by atoms with Gasteiger partial charge < -0.3 is 10.2 Å². The van der Waals surface area contributed by atoms with E-state index < -0.39 is 17.9 Å². The van der Waals surface area contributed by atoms with Crippen LogP contribution in [0.25, 0.3) is 0 Å². The van der Waals surface area contributed by atoms with Crippen molar-refractivity contribution >= 4 is 17.4 Å². The van der Waals surface area contributed by atoms with Crippen molar-refractivity contribution in [2.45, 2.75) is 57.3 Å². The molecule has 1 aliphatic carbocycles. The molecule has 1 aliphatic heterocycles. The molecule has 1 N–H and O–H groups in total. The predicted octanol–water partition coefficient (Wildman–Crippen LogP) is 4.20. The number of amides is 2. The van der Waals surface area contributed by atoms with Gasteiger partial charge in [-0.2, -0.15) is 13.2 Å². The predicted molar refractivity (Wildman–Crippen MR) is 81.1 cm³/mol. The lowest BCUT2D eigenvalue weighted by Crippen LogP contribution is -2.47. The SMILES string of the molecule is CC(NC(=O)N1CCCC1C1CCC1)c1nc(C(F)(F)F)cs1. The second-order valence-corrected chi connectivity index (χ2v) is 7.22. The van der Waals surface area contributed by atoms with E-state index >= 15 is 0 Å². The number of hydrogen-bond acceptors (Lipinski definition) is 3. The van der Waals surface area contributed by atoms with Crippen LogP contribution in [0.15, 0.2) is 5.38 Å². The number of carbonyl (C=O) groups excluding carboxylic acids is 1. The molecule has 1 aromatic heterocycles. The topological polar surface area (TPSA) is 45.2 Å². The smallest absolute Gasteiger partial charge is 0.329 e. The van der Waals surface area contributed by atoms with Gasteiger partial charge in [0.15, 0.2) is 5.69 Å². The van der Waals surface area contributed by atoms with Crippen LogP contribution in [0.5, 0.6) is 0 Å². The second kappa shape index (κ2) is 6.30. The van der Waals surface area contributed by atoms with Gasteiger partial charge in [-0.1, -0.05) is 6.42 Å². The van der Waals surface area contributed by atoms with Crippen molar-refractivity contribution in [3.05, 3.63) is 16.1 Å². The lowest BCUT2D eigenvalue weighted by atomic mass is 9.79. The van der Waals surface area contributed by atoms with Crippen LogP contribution in [0.4, 0.5) is 18.0 Å². The molecule has 0 bridgehead atoms. The molecule has 1 saturated carbocycles. The molecule has 0 radical (unpaired) electrons. The number of alkyl halides is 3. The van der Waals surface area contributed by atoms with E-state index in [1.807, 2.05) is 4.90 Å². The highest BCUT2D eigenvalue weighted by atomic mass is 32.1. The summed E-state index contributed by atoms with van der Waals surface area (Å²) >= 11 is 0.927. The molecule has 1 aromatic rings. The number of likely N-dealkylation sites (tertiary alicyclic amines) is 1. The Morgan fingerprint density at radius 1 is 1.39 bits per heavy atom. The first kappa shape index (κ1) is 16.5. The van der Waals surface area contributed by atoms with E-state index in [1.165, 1.54) is 19.3 Å². The molecule has 2 aliphatic rings. The lowest BCUT2D eigenvalue weighted by Gasteiger charge is -2.37. The zero-order valence-corrected chi connectivity index (χ0v) is 13.7. The van der Waals surface area contributed by atoms with Gasteiger partial charge >= 0.3 is 12.2 Å². The second-order valence-electron chi connectivity index (χ2n) is 6.33. The number of nitrogens with one attached hydrogen (secondary N) is 1. The summed E-state index contributed by atoms with van der Waals surface area (Å²) < 4.78 is 37.8. The standard InChI is InChI=1S/C15H20F3N3OS/c1-9(13-20-12(8-23-13)15(16,17)18)19-14(22)21-7-3-6-11(21)10-4-2-5-10/h8-11H,2-7H2,1H3,(H,19,22). The maximum atomic E-state index is 12.6. The van der Waals surface area contributed by atoms with E-state index in [2.05, 4.69) is 10.3 Å². The number of carbonyl (C=O) groups is 1. The minimum atomic E-state index is -4.44. The summed E-state index contributed by atoms with van der Waals surface area (Å²) in [5.74, 6) is 0.593. The first-order valence-electron chi connectivity index (χ1n) is 7.96. The highest BCUT2D eigenvalue weighted by Gasteiger charge is 2.38. The van der Waals surface area contributed by atoms with E-state index in [-0.39, 0.29) is 17.1 Å². The minimum absolute atomic E-state index is 0.185. The Morgan fingerprint density at radius 3 is 2.70 bits per heavy atom. The van der Waals surface area contributed by atoms with Crippen molar-refractivity contribution in [3.8, 4) is 0 Å². The molecule has 2 fully saturated rings. The number of hydrogen-bond donors (Lipinski definition) is 1. The fraction of sp³-hybridized carbons (Fsp3) is 0.733. The van der Waals surface area contributed by atoms with Crippen molar-refractivity contribution in [2.24, 2.45) is 5.92 Å². The van der Waals surface area contributed by atoms with Crippen LogP contribution < -0.4 is 5.32 Å². The third-order valence-corrected chi connectivity index (χ3v) is 5.80. The molecule has 23 heavy (non-hydrogen) atoms. The van der Waals surface area contributed by atoms with Gasteiger partial charge in [-0.25, -0.2) is 9.78 Å². The van der Waals surface area contributed by atoms with Crippen molar-refractivity contribution in [3.63, 3.8) is 0 Å². The average molecular weight is 347 g/mol. The Morgan fingerprint density at radius 2 is 2.13 bits per heavy atom. The number of rotatable bonds is 3. The van der Waals surface area contributed by atoms with Crippen molar-refractivity contribution in [1.82, 2.24) is 15.2 Å². The molecular formula is C15H20F3N3OS. The normalized spacial score (nSPS) is 23.7. The number of halogens is 3. The lowest BCUT2D eigenvalue weighted by molar-refractivity contribution is -0.140. The Balaban J connectivity index is 1.61. The third kappa shape index (κ3) is 3.46. The Labute approximate surface area is 137 Å². The minimum Gasteiger partial charge on any atom is -0.329 e. The molecular weight excluding hydrogens is 327 g/mol. The zero-order valence-electron chi connectivity index (χ0n) is 12.9. The van der Waals surface area contributed by atoms with E-state index in [0.717, 1.165) is 36.1 Å². The van der Waals surface area contributed by atoms with Crippen LogP contribution in [0.1, 0.15) is 55.8 Å². The highest BCUT2D eigenvalue weighted by molar-refractivity contribution is 7.09. The molecule has 2 atom stereocenters. The molecule has 4 nitrogen and oxygen atoms in total. The molecule has 0 aromatic carbocycles. The molecule has 3 rings (SSSR count). The van der Waals surface area contributed by atoms with Gasteiger partial charge in [0.25, 0.3) is 0 Å². The molecule has 2 amide bonds. The van der Waals surface area contributed by atoms with Crippen LogP contribution in [0.3, 0.4) is 0 Å². The van der Waals surface area contributed by atoms with E-state index in [1.54, 1.807) is 6.92 Å². The molecule has 128 valence electrons. The first-order chi connectivity index (χ1) is 10.9. The van der Waals surface area contributed by atoms with Crippen LogP contribution >= 0.6 is 11.3 Å². The molecule has 8 heteroatoms. The summed E-state index contributed by atoms with van der Waals surface area (Å²) in [6.07, 6.45) is 1.16. The van der Waals surface area contributed by atoms with Crippen LogP contribution in [-0.4, -0.2) is 28.5 Å². The largest absolute Gasteiger partial charge is 0.434 e. The summed E-state index contributed by atoms with van der Waals surface area (Å²) in [5, 5.41) is 4.08. The van der Waals surface area contributed by atoms with Crippen LogP contribution in [0, 0.1) is 5.92 Å². The quantitative estimate of drug-likeness (QED) is 0.891. The van der Waals surface area contributed by atoms with E-state index in [4.69, 9.17) is 0 Å². The Kier molecular flexibility index (Phi) is 4.53. The number of urea groups is 1. The van der Waals surface area contributed by atoms with Crippen LogP contribution in [-0.2, 0) is 6.18 Å². The number of aromatic nitrogens is 1. The fourth-order valence-electron chi connectivity index (χ4n) is 3.31. The third-order valence-electron chi connectivity index (χ3n) is 4.78. The average Bonchev–Trinajstić information content (AvgIpc) is 3.04. The van der Waals surface area contributed by atoms with Crippen LogP contribution in [0.2, 0.25) is 0 Å². The summed E-state index contributed by atoms with van der Waals surface area (Å²) in [5.41, 5.74) is -0.896. The first-order valence-corrected chi connectivity index (χ1v) is 8.84. The van der Waals surface area contributed by atoms with Gasteiger partial charge in [0.05, 0.1) is 6.04 Å². The zero-order chi connectivity index (χ0) is 16.6. The molecule has 2 heterocycles. The van der Waals surface area contributed by atoms with E-state index in [0.29, 0.717) is 5.92 Å². The monoisotopic (exact) mass is 347 g/mol. The van der Waals surface area contributed by atoms with Crippen molar-refractivity contribution in [1.29, 1.82) is 0 Å². The summed E-state index contributed by atoms with van der Waals surface area (Å²) in [4.78, 5) is 17.9. The van der Waals surface area contributed by atoms with Gasteiger partial charge in [0, 0.05) is 18.0 Å². The molecule has 2 unspecified atom stereocenters. The summed E-state index contributed by atoms with van der Waals surface area (Å²) in [6.45, 7) is 2.40. The van der Waals surface area contributed by atoms with Gasteiger partial charge in [-0.05, 0) is 38.5 Å². The van der Waals surface area contributed by atoms with Gasteiger partial charge in [-0.3, -0.25) is 0 Å². The van der Waals surface area contributed by atoms with Gasteiger partial charge in [0.1, 0.15) is 5.01 Å². The van der Waals surface area contributed by atoms with Gasteiger partial charge in [0.2, 0.25) is 0 Å². The Bertz CT molecular complexity index is 571. The fourth-order valence-corrected chi connectivity index (χ4v) is 4.14. The number of thiazole rings is 1. The van der Waals surface area contributed by atoms with Crippen molar-refractivity contribution in [2.75, 3.05) is 6.54 Å². The number of nitrogens with zero attached hydrogens (tertiary/aromatic N) is 2. The highest BCUT2D eigenvalue weighted by Crippen LogP contribution is 2.37. The maximum absolute atomic E-state index is 12.6. The summed E-state index contributed by atoms with van der Waals surface area (Å²) in [7, 11) is 0. The Hall–Kier alpha value is -1.31. The maximum Gasteiger partial charge on any atom is 0.434 e. The molecule has 0 spiro atoms. The van der Waals surface area contributed by atoms with Gasteiger partial charge in [-0.15, -0.1) is 11.3 Å². The summed E-state index contributed by atoms with van der Waals surface area (Å²) in [6, 6.07) is -0.417. The molecule has 1 saturated heterocycles. The van der Waals surface area contributed by atoms with E-state index in [9.17, 15) is 18.0 Å².